The highest BCUT2D eigenvalue weighted by Crippen LogP contribution is 2.18. The summed E-state index contributed by atoms with van der Waals surface area (Å²) in [6.07, 6.45) is 2.24. The van der Waals surface area contributed by atoms with E-state index in [0.717, 1.165) is 16.9 Å². The predicted octanol–water partition coefficient (Wildman–Crippen LogP) is 3.02. The molecule has 0 saturated carbocycles. The highest BCUT2D eigenvalue weighted by atomic mass is 16.5. The number of ether oxygens (including phenoxy) is 2. The van der Waals surface area contributed by atoms with Crippen LogP contribution in [0.2, 0.25) is 0 Å². The van der Waals surface area contributed by atoms with Gasteiger partial charge in [-0.1, -0.05) is 29.8 Å². The van der Waals surface area contributed by atoms with E-state index in [1.807, 2.05) is 38.1 Å². The first kappa shape index (κ1) is 20.0. The highest BCUT2D eigenvalue weighted by molar-refractivity contribution is 5.93. The topological polar surface area (TPSA) is 76.7 Å². The second-order valence-electron chi connectivity index (χ2n) is 5.89. The van der Waals surface area contributed by atoms with E-state index in [4.69, 9.17) is 9.47 Å². The summed E-state index contributed by atoms with van der Waals surface area (Å²) in [7, 11) is 0. The van der Waals surface area contributed by atoms with Crippen LogP contribution in [0.5, 0.6) is 11.5 Å². The first-order valence-electron chi connectivity index (χ1n) is 8.72. The number of hydrogen-bond acceptors (Lipinski definition) is 4. The van der Waals surface area contributed by atoms with Gasteiger partial charge < -0.3 is 9.47 Å². The molecule has 0 fully saturated rings. The molecule has 0 saturated heterocycles. The van der Waals surface area contributed by atoms with Crippen molar-refractivity contribution < 1.29 is 19.1 Å². The van der Waals surface area contributed by atoms with Crippen LogP contribution in [0.15, 0.2) is 54.6 Å². The Labute approximate surface area is 159 Å². The molecule has 6 heteroatoms. The smallest absolute Gasteiger partial charge is 0.279 e. The van der Waals surface area contributed by atoms with Crippen molar-refractivity contribution in [3.8, 4) is 11.5 Å². The molecule has 0 spiro atoms. The van der Waals surface area contributed by atoms with Crippen LogP contribution in [0, 0.1) is 6.92 Å². The summed E-state index contributed by atoms with van der Waals surface area (Å²) in [5.74, 6) is 0.374. The lowest BCUT2D eigenvalue weighted by Crippen LogP contribution is -2.46. The third-order valence-electron chi connectivity index (χ3n) is 3.63. The molecule has 27 heavy (non-hydrogen) atoms. The predicted molar refractivity (Wildman–Crippen MR) is 104 cm³/mol. The number of carbonyl (C=O) groups is 2. The number of nitrogens with one attached hydrogen (secondary N) is 2. The molecular weight excluding hydrogens is 344 g/mol. The van der Waals surface area contributed by atoms with Crippen molar-refractivity contribution >= 4 is 17.9 Å². The van der Waals surface area contributed by atoms with Gasteiger partial charge in [-0.25, -0.2) is 0 Å². The molecule has 2 rings (SSSR count). The SMILES string of the molecule is CCOc1ccc(O[C@@H](C)C(=O)NNC(=O)/C=C/c2ccc(C)cc2)cc1. The Morgan fingerprint density at radius 2 is 1.63 bits per heavy atom. The number of carbonyl (C=O) groups excluding carboxylic acids is 2. The zero-order valence-electron chi connectivity index (χ0n) is 15.7. The normalized spacial score (nSPS) is 11.7. The van der Waals surface area contributed by atoms with Gasteiger partial charge in [-0.05, 0) is 56.7 Å². The molecule has 2 aromatic carbocycles. The van der Waals surface area contributed by atoms with Gasteiger partial charge in [0, 0.05) is 6.08 Å². The molecule has 0 aromatic heterocycles. The van der Waals surface area contributed by atoms with Crippen molar-refractivity contribution in [2.75, 3.05) is 6.61 Å². The molecule has 2 N–H and O–H groups in total. The Bertz CT molecular complexity index is 783. The van der Waals surface area contributed by atoms with E-state index < -0.39 is 17.9 Å². The molecule has 0 heterocycles. The third-order valence-corrected chi connectivity index (χ3v) is 3.63. The summed E-state index contributed by atoms with van der Waals surface area (Å²) in [6, 6.07) is 14.7. The molecule has 0 aliphatic carbocycles. The molecule has 2 aromatic rings. The number of amides is 2. The molecule has 0 radical (unpaired) electrons. The van der Waals surface area contributed by atoms with Gasteiger partial charge >= 0.3 is 0 Å². The zero-order chi connectivity index (χ0) is 19.6. The van der Waals surface area contributed by atoms with E-state index in [9.17, 15) is 9.59 Å². The number of hydrazine groups is 1. The van der Waals surface area contributed by atoms with Crippen LogP contribution in [-0.2, 0) is 9.59 Å². The van der Waals surface area contributed by atoms with Crippen LogP contribution >= 0.6 is 0 Å². The minimum atomic E-state index is -0.774. The maximum Gasteiger partial charge on any atom is 0.279 e. The van der Waals surface area contributed by atoms with Crippen molar-refractivity contribution in [2.24, 2.45) is 0 Å². The molecule has 2 amide bonds. The Morgan fingerprint density at radius 1 is 1.00 bits per heavy atom. The summed E-state index contributed by atoms with van der Waals surface area (Å²) in [5.41, 5.74) is 6.71. The summed E-state index contributed by atoms with van der Waals surface area (Å²) in [6.45, 7) is 6.07. The fourth-order valence-electron chi connectivity index (χ4n) is 2.15. The number of aryl methyl sites for hydroxylation is 1. The van der Waals surface area contributed by atoms with E-state index in [1.54, 1.807) is 37.3 Å². The van der Waals surface area contributed by atoms with E-state index in [0.29, 0.717) is 12.4 Å². The lowest BCUT2D eigenvalue weighted by Gasteiger charge is -2.15. The molecule has 0 unspecified atom stereocenters. The average molecular weight is 368 g/mol. The zero-order valence-corrected chi connectivity index (χ0v) is 15.7. The summed E-state index contributed by atoms with van der Waals surface area (Å²) >= 11 is 0. The second kappa shape index (κ2) is 10.0. The van der Waals surface area contributed by atoms with Gasteiger partial charge in [0.1, 0.15) is 11.5 Å². The van der Waals surface area contributed by atoms with Crippen molar-refractivity contribution in [1.29, 1.82) is 0 Å². The van der Waals surface area contributed by atoms with Gasteiger partial charge in [-0.15, -0.1) is 0 Å². The summed E-state index contributed by atoms with van der Waals surface area (Å²) in [4.78, 5) is 23.8. The maximum absolute atomic E-state index is 12.0. The Kier molecular flexibility index (Phi) is 7.43. The molecule has 0 aliphatic heterocycles. The summed E-state index contributed by atoms with van der Waals surface area (Å²) in [5, 5.41) is 0. The van der Waals surface area contributed by atoms with Crippen LogP contribution in [0.4, 0.5) is 0 Å². The molecule has 142 valence electrons. The van der Waals surface area contributed by atoms with Crippen LogP contribution in [0.1, 0.15) is 25.0 Å². The highest BCUT2D eigenvalue weighted by Gasteiger charge is 2.15. The number of benzene rings is 2. The molecule has 0 aliphatic rings. The third kappa shape index (κ3) is 6.86. The van der Waals surface area contributed by atoms with E-state index >= 15 is 0 Å². The van der Waals surface area contributed by atoms with Crippen LogP contribution in [0.25, 0.3) is 6.08 Å². The quantitative estimate of drug-likeness (QED) is 0.582. The van der Waals surface area contributed by atoms with Crippen molar-refractivity contribution in [3.05, 3.63) is 65.7 Å². The average Bonchev–Trinajstić information content (AvgIpc) is 2.67. The van der Waals surface area contributed by atoms with Gasteiger partial charge in [0.15, 0.2) is 6.10 Å². The summed E-state index contributed by atoms with van der Waals surface area (Å²) < 4.78 is 10.9. The standard InChI is InChI=1S/C21H24N2O4/c1-4-26-18-10-12-19(13-11-18)27-16(3)21(25)23-22-20(24)14-9-17-7-5-15(2)6-8-17/h5-14,16H,4H2,1-3H3,(H,22,24)(H,23,25)/b14-9+/t16-/m0/s1. The fourth-order valence-corrected chi connectivity index (χ4v) is 2.15. The minimum absolute atomic E-state index is 0.433. The lowest BCUT2D eigenvalue weighted by atomic mass is 10.1. The monoisotopic (exact) mass is 368 g/mol. The Morgan fingerprint density at radius 3 is 2.26 bits per heavy atom. The van der Waals surface area contributed by atoms with E-state index in [-0.39, 0.29) is 0 Å². The fraction of sp³-hybridized carbons (Fsp3) is 0.238. The lowest BCUT2D eigenvalue weighted by molar-refractivity contribution is -0.131. The van der Waals surface area contributed by atoms with Gasteiger partial charge in [0.2, 0.25) is 0 Å². The van der Waals surface area contributed by atoms with Crippen LogP contribution in [-0.4, -0.2) is 24.5 Å². The Hall–Kier alpha value is -3.28. The minimum Gasteiger partial charge on any atom is -0.494 e. The van der Waals surface area contributed by atoms with E-state index in [1.165, 1.54) is 6.08 Å². The molecule has 6 nitrogen and oxygen atoms in total. The van der Waals surface area contributed by atoms with Gasteiger partial charge in [-0.3, -0.25) is 20.4 Å². The number of rotatable bonds is 7. The largest absolute Gasteiger partial charge is 0.494 e. The molecular formula is C21H24N2O4. The number of hydrogen-bond donors (Lipinski definition) is 2. The van der Waals surface area contributed by atoms with Gasteiger partial charge in [0.25, 0.3) is 11.8 Å². The first-order chi connectivity index (χ1) is 13.0. The van der Waals surface area contributed by atoms with E-state index in [2.05, 4.69) is 10.9 Å². The first-order valence-corrected chi connectivity index (χ1v) is 8.72. The van der Waals surface area contributed by atoms with Crippen molar-refractivity contribution in [2.45, 2.75) is 26.9 Å². The van der Waals surface area contributed by atoms with Gasteiger partial charge in [-0.2, -0.15) is 0 Å². The molecule has 0 bridgehead atoms. The van der Waals surface area contributed by atoms with Crippen LogP contribution in [0.3, 0.4) is 0 Å². The van der Waals surface area contributed by atoms with Crippen LogP contribution < -0.4 is 20.3 Å². The molecule has 1 atom stereocenters. The maximum atomic E-state index is 12.0. The van der Waals surface area contributed by atoms with Crippen molar-refractivity contribution in [3.63, 3.8) is 0 Å². The second-order valence-corrected chi connectivity index (χ2v) is 5.89. The Balaban J connectivity index is 1.78. The van der Waals surface area contributed by atoms with Gasteiger partial charge in [0.05, 0.1) is 6.61 Å². The van der Waals surface area contributed by atoms with Crippen molar-refractivity contribution in [1.82, 2.24) is 10.9 Å².